The third kappa shape index (κ3) is 2.43. The molecular weight excluding hydrogens is 202 g/mol. The summed E-state index contributed by atoms with van der Waals surface area (Å²) >= 11 is 0. The zero-order chi connectivity index (χ0) is 11.5. The first-order valence-corrected chi connectivity index (χ1v) is 5.94. The maximum absolute atomic E-state index is 11.8. The normalized spacial score (nSPS) is 21.6. The molecule has 88 valence electrons. The van der Waals surface area contributed by atoms with Gasteiger partial charge in [-0.25, -0.2) is 0 Å². The molecule has 1 saturated heterocycles. The lowest BCUT2D eigenvalue weighted by molar-refractivity contribution is -0.124. The van der Waals surface area contributed by atoms with Gasteiger partial charge in [0.2, 0.25) is 5.91 Å². The molecule has 1 aromatic heterocycles. The van der Waals surface area contributed by atoms with Crippen LogP contribution in [-0.2, 0) is 18.3 Å². The molecule has 2 heterocycles. The van der Waals surface area contributed by atoms with Crippen LogP contribution in [0.25, 0.3) is 0 Å². The van der Waals surface area contributed by atoms with Crippen LogP contribution in [0.2, 0.25) is 0 Å². The molecule has 1 amide bonds. The number of nitrogens with one attached hydrogen (secondary N) is 1. The molecule has 0 aliphatic carbocycles. The van der Waals surface area contributed by atoms with E-state index in [4.69, 9.17) is 0 Å². The lowest BCUT2D eigenvalue weighted by atomic mass is 9.97. The third-order valence-electron chi connectivity index (χ3n) is 3.20. The van der Waals surface area contributed by atoms with Crippen LogP contribution >= 0.6 is 0 Å². The van der Waals surface area contributed by atoms with Crippen molar-refractivity contribution >= 4 is 5.91 Å². The van der Waals surface area contributed by atoms with E-state index in [2.05, 4.69) is 16.5 Å². The number of aryl methyl sites for hydroxylation is 2. The maximum atomic E-state index is 11.8. The highest BCUT2D eigenvalue weighted by Gasteiger charge is 2.22. The summed E-state index contributed by atoms with van der Waals surface area (Å²) in [5, 5.41) is 7.28. The van der Waals surface area contributed by atoms with Gasteiger partial charge in [0.15, 0.2) is 0 Å². The second-order valence-corrected chi connectivity index (χ2v) is 4.59. The second-order valence-electron chi connectivity index (χ2n) is 4.59. The van der Waals surface area contributed by atoms with E-state index in [0.717, 1.165) is 43.6 Å². The predicted molar refractivity (Wildman–Crippen MR) is 62.0 cm³/mol. The molecule has 0 aromatic carbocycles. The molecule has 1 fully saturated rings. The zero-order valence-corrected chi connectivity index (χ0v) is 9.99. The van der Waals surface area contributed by atoms with E-state index in [1.807, 2.05) is 18.7 Å². The van der Waals surface area contributed by atoms with Gasteiger partial charge in [-0.1, -0.05) is 6.42 Å². The molecule has 1 atom stereocenters. The Kier molecular flexibility index (Phi) is 3.27. The standard InChI is InChI=1S/C12H19N3O/c1-9-7-11(15(2)14-9)8-10-5-3-4-6-13-12(10)16/h7,10H,3-6,8H2,1-2H3,(H,13,16). The van der Waals surface area contributed by atoms with Gasteiger partial charge in [-0.3, -0.25) is 9.48 Å². The number of carbonyl (C=O) groups is 1. The Morgan fingerprint density at radius 2 is 2.38 bits per heavy atom. The van der Waals surface area contributed by atoms with Crippen LogP contribution in [0.5, 0.6) is 0 Å². The first kappa shape index (κ1) is 11.2. The highest BCUT2D eigenvalue weighted by molar-refractivity contribution is 5.79. The van der Waals surface area contributed by atoms with Gasteiger partial charge in [-0.05, 0) is 25.8 Å². The average Bonchev–Trinajstić information content (AvgIpc) is 2.43. The Hall–Kier alpha value is -1.32. The van der Waals surface area contributed by atoms with Crippen LogP contribution in [0.15, 0.2) is 6.07 Å². The summed E-state index contributed by atoms with van der Waals surface area (Å²) in [6.45, 7) is 2.82. The molecule has 4 heteroatoms. The molecule has 0 radical (unpaired) electrons. The minimum Gasteiger partial charge on any atom is -0.356 e. The van der Waals surface area contributed by atoms with E-state index in [-0.39, 0.29) is 11.8 Å². The smallest absolute Gasteiger partial charge is 0.223 e. The summed E-state index contributed by atoms with van der Waals surface area (Å²) < 4.78 is 1.88. The van der Waals surface area contributed by atoms with Crippen LogP contribution < -0.4 is 5.32 Å². The number of hydrogen-bond donors (Lipinski definition) is 1. The Bertz CT molecular complexity index is 384. The summed E-state index contributed by atoms with van der Waals surface area (Å²) in [6, 6.07) is 2.07. The molecule has 1 unspecified atom stereocenters. The van der Waals surface area contributed by atoms with Crippen LogP contribution in [0.1, 0.15) is 30.7 Å². The number of nitrogens with zero attached hydrogens (tertiary/aromatic N) is 2. The van der Waals surface area contributed by atoms with Gasteiger partial charge in [0.25, 0.3) is 0 Å². The lowest BCUT2D eigenvalue weighted by Crippen LogP contribution is -2.30. The second kappa shape index (κ2) is 4.68. The molecule has 0 bridgehead atoms. The van der Waals surface area contributed by atoms with E-state index in [1.54, 1.807) is 0 Å². The summed E-state index contributed by atoms with van der Waals surface area (Å²) in [5.41, 5.74) is 2.17. The van der Waals surface area contributed by atoms with E-state index >= 15 is 0 Å². The van der Waals surface area contributed by atoms with Crippen molar-refractivity contribution in [3.63, 3.8) is 0 Å². The summed E-state index contributed by atoms with van der Waals surface area (Å²) in [7, 11) is 1.94. The van der Waals surface area contributed by atoms with Crippen LogP contribution in [0.3, 0.4) is 0 Å². The SMILES string of the molecule is Cc1cc(CC2CCCCNC2=O)n(C)n1. The fourth-order valence-corrected chi connectivity index (χ4v) is 2.31. The van der Waals surface area contributed by atoms with Crippen molar-refractivity contribution in [2.45, 2.75) is 32.6 Å². The van der Waals surface area contributed by atoms with Gasteiger partial charge in [0.05, 0.1) is 5.69 Å². The summed E-state index contributed by atoms with van der Waals surface area (Å²) in [6.07, 6.45) is 4.05. The van der Waals surface area contributed by atoms with E-state index in [0.29, 0.717) is 0 Å². The molecule has 1 aromatic rings. The van der Waals surface area contributed by atoms with Crippen molar-refractivity contribution in [2.75, 3.05) is 6.54 Å². The van der Waals surface area contributed by atoms with Crippen molar-refractivity contribution in [1.29, 1.82) is 0 Å². The molecule has 0 spiro atoms. The molecule has 2 rings (SSSR count). The number of amides is 1. The van der Waals surface area contributed by atoms with Crippen molar-refractivity contribution in [1.82, 2.24) is 15.1 Å². The number of rotatable bonds is 2. The quantitative estimate of drug-likeness (QED) is 0.815. The number of carbonyl (C=O) groups excluding carboxylic acids is 1. The fraction of sp³-hybridized carbons (Fsp3) is 0.667. The fourth-order valence-electron chi connectivity index (χ4n) is 2.31. The van der Waals surface area contributed by atoms with Gasteiger partial charge in [-0.15, -0.1) is 0 Å². The topological polar surface area (TPSA) is 46.9 Å². The molecule has 16 heavy (non-hydrogen) atoms. The van der Waals surface area contributed by atoms with Crippen molar-refractivity contribution in [3.05, 3.63) is 17.5 Å². The van der Waals surface area contributed by atoms with Crippen molar-refractivity contribution in [3.8, 4) is 0 Å². The van der Waals surface area contributed by atoms with Crippen LogP contribution in [0, 0.1) is 12.8 Å². The van der Waals surface area contributed by atoms with Crippen LogP contribution in [0.4, 0.5) is 0 Å². The molecule has 1 N–H and O–H groups in total. The van der Waals surface area contributed by atoms with E-state index < -0.39 is 0 Å². The highest BCUT2D eigenvalue weighted by atomic mass is 16.1. The van der Waals surface area contributed by atoms with Gasteiger partial charge >= 0.3 is 0 Å². The Labute approximate surface area is 96.0 Å². The summed E-state index contributed by atoms with van der Waals surface area (Å²) in [5.74, 6) is 0.327. The highest BCUT2D eigenvalue weighted by Crippen LogP contribution is 2.18. The third-order valence-corrected chi connectivity index (χ3v) is 3.20. The van der Waals surface area contributed by atoms with Crippen molar-refractivity contribution in [2.24, 2.45) is 13.0 Å². The van der Waals surface area contributed by atoms with Gasteiger partial charge in [0, 0.05) is 31.6 Å². The minimum absolute atomic E-state index is 0.122. The molecule has 0 saturated carbocycles. The largest absolute Gasteiger partial charge is 0.356 e. The molecular formula is C12H19N3O. The number of hydrogen-bond acceptors (Lipinski definition) is 2. The van der Waals surface area contributed by atoms with Gasteiger partial charge in [-0.2, -0.15) is 5.10 Å². The Morgan fingerprint density at radius 1 is 1.56 bits per heavy atom. The zero-order valence-electron chi connectivity index (χ0n) is 9.99. The maximum Gasteiger partial charge on any atom is 0.223 e. The first-order chi connectivity index (χ1) is 7.66. The van der Waals surface area contributed by atoms with E-state index in [9.17, 15) is 4.79 Å². The van der Waals surface area contributed by atoms with Gasteiger partial charge in [0.1, 0.15) is 0 Å². The lowest BCUT2D eigenvalue weighted by Gasteiger charge is -2.12. The van der Waals surface area contributed by atoms with E-state index in [1.165, 1.54) is 0 Å². The minimum atomic E-state index is 0.122. The predicted octanol–water partition coefficient (Wildman–Crippen LogP) is 1.19. The van der Waals surface area contributed by atoms with Crippen LogP contribution in [-0.4, -0.2) is 22.2 Å². The molecule has 4 nitrogen and oxygen atoms in total. The Morgan fingerprint density at radius 3 is 3.06 bits per heavy atom. The Balaban J connectivity index is 2.07. The number of aromatic nitrogens is 2. The first-order valence-electron chi connectivity index (χ1n) is 5.94. The van der Waals surface area contributed by atoms with Gasteiger partial charge < -0.3 is 5.32 Å². The molecule has 1 aliphatic rings. The monoisotopic (exact) mass is 221 g/mol. The molecule has 1 aliphatic heterocycles. The summed E-state index contributed by atoms with van der Waals surface area (Å²) in [4.78, 5) is 11.8. The van der Waals surface area contributed by atoms with Crippen molar-refractivity contribution < 1.29 is 4.79 Å². The average molecular weight is 221 g/mol.